The van der Waals surface area contributed by atoms with Crippen LogP contribution in [0.1, 0.15) is 41.5 Å². The number of ether oxygens (including phenoxy) is 2. The molecule has 2 N–H and O–H groups in total. The molecule has 0 fully saturated rings. The smallest absolute Gasteiger partial charge is 0.338 e. The van der Waals surface area contributed by atoms with Gasteiger partial charge >= 0.3 is 11.9 Å². The van der Waals surface area contributed by atoms with E-state index in [4.69, 9.17) is 13.9 Å². The SMILES string of the molecule is CC(C)(C)OC(=O)[C@H](O)[C@@H](OCC=CCO[Si](c1ccccc1)(c1ccccc1)C(C)(C)C)C(=O)O. The van der Waals surface area contributed by atoms with Crippen LogP contribution in [0.4, 0.5) is 0 Å². The molecule has 0 unspecified atom stereocenters. The number of benzene rings is 2. The summed E-state index contributed by atoms with van der Waals surface area (Å²) in [7, 11) is -2.69. The highest BCUT2D eigenvalue weighted by molar-refractivity contribution is 6.99. The van der Waals surface area contributed by atoms with Gasteiger partial charge < -0.3 is 24.1 Å². The van der Waals surface area contributed by atoms with Gasteiger partial charge in [-0.3, -0.25) is 0 Å². The molecule has 0 aromatic heterocycles. The summed E-state index contributed by atoms with van der Waals surface area (Å²) in [5.74, 6) is -2.50. The molecule has 0 bridgehead atoms. The van der Waals surface area contributed by atoms with Crippen LogP contribution >= 0.6 is 0 Å². The monoisotopic (exact) mass is 514 g/mol. The van der Waals surface area contributed by atoms with Crippen molar-refractivity contribution in [2.45, 2.75) is 64.4 Å². The first-order valence-corrected chi connectivity index (χ1v) is 13.9. The Morgan fingerprint density at radius 2 is 1.33 bits per heavy atom. The fraction of sp³-hybridized carbons (Fsp3) is 0.429. The van der Waals surface area contributed by atoms with Crippen LogP contribution < -0.4 is 10.4 Å². The van der Waals surface area contributed by atoms with Gasteiger partial charge in [0.15, 0.2) is 12.2 Å². The van der Waals surface area contributed by atoms with Crippen molar-refractivity contribution in [2.24, 2.45) is 0 Å². The van der Waals surface area contributed by atoms with Crippen molar-refractivity contribution in [1.29, 1.82) is 0 Å². The molecule has 0 aliphatic carbocycles. The molecule has 0 radical (unpaired) electrons. The molecule has 0 spiro atoms. The molecule has 7 nitrogen and oxygen atoms in total. The van der Waals surface area contributed by atoms with Gasteiger partial charge in [-0.1, -0.05) is 93.6 Å². The van der Waals surface area contributed by atoms with Crippen LogP contribution in [0.15, 0.2) is 72.8 Å². The summed E-state index contributed by atoms with van der Waals surface area (Å²) in [4.78, 5) is 23.6. The first kappa shape index (κ1) is 29.4. The van der Waals surface area contributed by atoms with E-state index in [1.54, 1.807) is 32.9 Å². The Labute approximate surface area is 214 Å². The van der Waals surface area contributed by atoms with Gasteiger partial charge in [-0.2, -0.15) is 0 Å². The molecular formula is C28H38O7Si. The topological polar surface area (TPSA) is 102 Å². The van der Waals surface area contributed by atoms with Crippen LogP contribution in [0, 0.1) is 0 Å². The Bertz CT molecular complexity index is 968. The van der Waals surface area contributed by atoms with Crippen LogP contribution in [-0.2, 0) is 23.5 Å². The lowest BCUT2D eigenvalue weighted by molar-refractivity contribution is -0.181. The number of aliphatic hydroxyl groups is 1. The fourth-order valence-corrected chi connectivity index (χ4v) is 8.51. The quantitative estimate of drug-likeness (QED) is 0.269. The van der Waals surface area contributed by atoms with Crippen LogP contribution in [0.2, 0.25) is 5.04 Å². The molecule has 0 amide bonds. The van der Waals surface area contributed by atoms with Gasteiger partial charge in [0, 0.05) is 0 Å². The van der Waals surface area contributed by atoms with E-state index >= 15 is 0 Å². The highest BCUT2D eigenvalue weighted by Crippen LogP contribution is 2.36. The predicted octanol–water partition coefficient (Wildman–Crippen LogP) is 3.29. The number of rotatable bonds is 11. The van der Waals surface area contributed by atoms with Crippen molar-refractivity contribution in [2.75, 3.05) is 13.2 Å². The lowest BCUT2D eigenvalue weighted by Crippen LogP contribution is -2.66. The van der Waals surface area contributed by atoms with E-state index in [0.29, 0.717) is 0 Å². The Morgan fingerprint density at radius 3 is 1.75 bits per heavy atom. The van der Waals surface area contributed by atoms with Gasteiger partial charge in [-0.05, 0) is 36.2 Å². The molecule has 0 heterocycles. The van der Waals surface area contributed by atoms with Crippen molar-refractivity contribution in [3.63, 3.8) is 0 Å². The van der Waals surface area contributed by atoms with E-state index in [2.05, 4.69) is 45.0 Å². The predicted molar refractivity (Wildman–Crippen MR) is 142 cm³/mol. The Morgan fingerprint density at radius 1 is 0.861 bits per heavy atom. The zero-order chi connectivity index (χ0) is 27.0. The second kappa shape index (κ2) is 12.4. The Balaban J connectivity index is 2.14. The van der Waals surface area contributed by atoms with Gasteiger partial charge in [0.25, 0.3) is 8.32 Å². The summed E-state index contributed by atoms with van der Waals surface area (Å²) >= 11 is 0. The summed E-state index contributed by atoms with van der Waals surface area (Å²) in [5.41, 5.74) is -0.862. The molecule has 2 aromatic rings. The molecule has 0 aliphatic heterocycles. The molecular weight excluding hydrogens is 476 g/mol. The maximum absolute atomic E-state index is 12.1. The third kappa shape index (κ3) is 7.61. The molecule has 2 rings (SSSR count). The van der Waals surface area contributed by atoms with Gasteiger partial charge in [0.2, 0.25) is 0 Å². The van der Waals surface area contributed by atoms with Crippen LogP contribution in [-0.4, -0.2) is 61.5 Å². The van der Waals surface area contributed by atoms with E-state index < -0.39 is 38.1 Å². The number of aliphatic carboxylic acids is 1. The summed E-state index contributed by atoms with van der Waals surface area (Å²) in [6.07, 6.45) is -0.307. The van der Waals surface area contributed by atoms with Gasteiger partial charge in [-0.25, -0.2) is 9.59 Å². The number of aliphatic hydroxyl groups excluding tert-OH is 1. The summed E-state index contributed by atoms with van der Waals surface area (Å²) in [6, 6.07) is 20.4. The maximum Gasteiger partial charge on any atom is 0.338 e. The first-order valence-electron chi connectivity index (χ1n) is 11.9. The molecule has 0 aliphatic rings. The van der Waals surface area contributed by atoms with Gasteiger partial charge in [-0.15, -0.1) is 0 Å². The Kier molecular flexibility index (Phi) is 10.2. The lowest BCUT2D eigenvalue weighted by Gasteiger charge is -2.42. The van der Waals surface area contributed by atoms with Crippen LogP contribution in [0.3, 0.4) is 0 Å². The number of carboxylic acids is 1. The number of carbonyl (C=O) groups is 2. The summed E-state index contributed by atoms with van der Waals surface area (Å²) in [5, 5.41) is 21.7. The fourth-order valence-electron chi connectivity index (χ4n) is 4.01. The zero-order valence-corrected chi connectivity index (χ0v) is 22.9. The molecule has 36 heavy (non-hydrogen) atoms. The number of hydrogen-bond donors (Lipinski definition) is 2. The van der Waals surface area contributed by atoms with E-state index in [0.717, 1.165) is 10.4 Å². The number of hydrogen-bond acceptors (Lipinski definition) is 6. The maximum atomic E-state index is 12.1. The van der Waals surface area contributed by atoms with Crippen molar-refractivity contribution >= 4 is 30.6 Å². The average molecular weight is 515 g/mol. The second-order valence-corrected chi connectivity index (χ2v) is 14.8. The number of carbonyl (C=O) groups excluding carboxylic acids is 1. The van der Waals surface area contributed by atoms with Crippen molar-refractivity contribution < 1.29 is 33.7 Å². The van der Waals surface area contributed by atoms with E-state index in [1.165, 1.54) is 0 Å². The molecule has 0 saturated heterocycles. The minimum absolute atomic E-state index is 0.124. The van der Waals surface area contributed by atoms with Gasteiger partial charge in [0.1, 0.15) is 5.60 Å². The van der Waals surface area contributed by atoms with Crippen LogP contribution in [0.25, 0.3) is 0 Å². The standard InChI is InChI=1S/C28H38O7Si/c1-27(2,3)35-26(32)23(29)24(25(30)31)33-19-13-14-20-34-36(28(4,5)6,21-15-9-7-10-16-21)22-17-11-8-12-18-22/h7-18,23-24,29H,19-20H2,1-6H3,(H,30,31)/t23-,24-/m1/s1. The summed E-state index contributed by atoms with van der Waals surface area (Å²) in [6.45, 7) is 11.6. The van der Waals surface area contributed by atoms with Crippen molar-refractivity contribution in [3.05, 3.63) is 72.8 Å². The van der Waals surface area contributed by atoms with E-state index in [-0.39, 0.29) is 18.3 Å². The number of carboxylic acid groups (broad SMARTS) is 1. The highest BCUT2D eigenvalue weighted by atomic mass is 28.4. The third-order valence-electron chi connectivity index (χ3n) is 5.53. The molecule has 2 aromatic carbocycles. The molecule has 196 valence electrons. The van der Waals surface area contributed by atoms with Gasteiger partial charge in [0.05, 0.1) is 13.2 Å². The molecule has 2 atom stereocenters. The summed E-state index contributed by atoms with van der Waals surface area (Å²) < 4.78 is 17.1. The van der Waals surface area contributed by atoms with E-state index in [9.17, 15) is 19.8 Å². The van der Waals surface area contributed by atoms with E-state index in [1.807, 2.05) is 36.4 Å². The average Bonchev–Trinajstić information content (AvgIpc) is 2.79. The lowest BCUT2D eigenvalue weighted by atomic mass is 10.1. The zero-order valence-electron chi connectivity index (χ0n) is 21.9. The van der Waals surface area contributed by atoms with Crippen LogP contribution in [0.5, 0.6) is 0 Å². The first-order chi connectivity index (χ1) is 16.8. The van der Waals surface area contributed by atoms with Crippen molar-refractivity contribution in [1.82, 2.24) is 0 Å². The molecule has 8 heteroatoms. The second-order valence-electron chi connectivity index (χ2n) is 10.5. The minimum Gasteiger partial charge on any atom is -0.479 e. The third-order valence-corrected chi connectivity index (χ3v) is 10.5. The Hall–Kier alpha value is -2.78. The number of esters is 1. The molecule has 0 saturated carbocycles. The van der Waals surface area contributed by atoms with Crippen molar-refractivity contribution in [3.8, 4) is 0 Å². The minimum atomic E-state index is -2.69. The normalized spacial score (nSPS) is 14.4. The highest BCUT2D eigenvalue weighted by Gasteiger charge is 2.49. The largest absolute Gasteiger partial charge is 0.479 e.